The SMILES string of the molecule is Oc1cccc2c1C/C(=C\CCBr)c1cccnc1O2. The van der Waals surface area contributed by atoms with Crippen molar-refractivity contribution in [3.05, 3.63) is 53.7 Å². The fraction of sp³-hybridized carbons (Fsp3) is 0.188. The van der Waals surface area contributed by atoms with Crippen molar-refractivity contribution in [2.75, 3.05) is 5.33 Å². The van der Waals surface area contributed by atoms with Crippen LogP contribution in [0.2, 0.25) is 0 Å². The first kappa shape index (κ1) is 13.2. The number of aromatic nitrogens is 1. The Hall–Kier alpha value is -1.81. The molecule has 3 rings (SSSR count). The fourth-order valence-corrected chi connectivity index (χ4v) is 2.57. The van der Waals surface area contributed by atoms with Gasteiger partial charge in [-0.2, -0.15) is 0 Å². The topological polar surface area (TPSA) is 42.4 Å². The average molecular weight is 332 g/mol. The molecule has 4 heteroatoms. The maximum absolute atomic E-state index is 10.1. The smallest absolute Gasteiger partial charge is 0.226 e. The predicted octanol–water partition coefficient (Wildman–Crippen LogP) is 4.30. The Labute approximate surface area is 126 Å². The van der Waals surface area contributed by atoms with Crippen LogP contribution in [0.25, 0.3) is 5.57 Å². The number of alkyl halides is 1. The van der Waals surface area contributed by atoms with Gasteiger partial charge in [-0.05, 0) is 36.3 Å². The number of hydrogen-bond donors (Lipinski definition) is 1. The zero-order chi connectivity index (χ0) is 13.9. The van der Waals surface area contributed by atoms with Crippen LogP contribution in [0.4, 0.5) is 0 Å². The Morgan fingerprint density at radius 2 is 2.20 bits per heavy atom. The van der Waals surface area contributed by atoms with Crippen LogP contribution in [-0.4, -0.2) is 15.4 Å². The predicted molar refractivity (Wildman–Crippen MR) is 82.5 cm³/mol. The molecule has 1 aromatic heterocycles. The second-order valence-corrected chi connectivity index (χ2v) is 5.39. The number of rotatable bonds is 2. The van der Waals surface area contributed by atoms with E-state index < -0.39 is 0 Å². The van der Waals surface area contributed by atoms with Gasteiger partial charge in [0.25, 0.3) is 0 Å². The van der Waals surface area contributed by atoms with Gasteiger partial charge in [-0.1, -0.05) is 28.1 Å². The number of pyridine rings is 1. The lowest BCUT2D eigenvalue weighted by molar-refractivity contribution is 0.440. The van der Waals surface area contributed by atoms with Gasteiger partial charge in [0.1, 0.15) is 11.5 Å². The molecule has 20 heavy (non-hydrogen) atoms. The molecule has 1 N–H and O–H groups in total. The second-order valence-electron chi connectivity index (χ2n) is 4.60. The van der Waals surface area contributed by atoms with Crippen LogP contribution in [-0.2, 0) is 6.42 Å². The highest BCUT2D eigenvalue weighted by molar-refractivity contribution is 9.09. The molecule has 1 aliphatic rings. The summed E-state index contributed by atoms with van der Waals surface area (Å²) in [4.78, 5) is 4.31. The van der Waals surface area contributed by atoms with Gasteiger partial charge in [-0.3, -0.25) is 0 Å². The summed E-state index contributed by atoms with van der Waals surface area (Å²) in [5, 5.41) is 11.0. The summed E-state index contributed by atoms with van der Waals surface area (Å²) in [6.07, 6.45) is 5.45. The number of fused-ring (bicyclic) bond motifs is 2. The van der Waals surface area contributed by atoms with Crippen molar-refractivity contribution in [1.29, 1.82) is 0 Å². The number of aromatic hydroxyl groups is 1. The Morgan fingerprint density at radius 3 is 3.05 bits per heavy atom. The zero-order valence-electron chi connectivity index (χ0n) is 10.8. The maximum Gasteiger partial charge on any atom is 0.226 e. The molecule has 0 amide bonds. The van der Waals surface area contributed by atoms with Gasteiger partial charge < -0.3 is 9.84 Å². The highest BCUT2D eigenvalue weighted by Gasteiger charge is 2.21. The second kappa shape index (κ2) is 5.67. The lowest BCUT2D eigenvalue weighted by Gasteiger charge is -2.07. The molecule has 0 aliphatic carbocycles. The molecule has 0 fully saturated rings. The Morgan fingerprint density at radius 1 is 1.30 bits per heavy atom. The van der Waals surface area contributed by atoms with Gasteiger partial charge in [0.05, 0.1) is 0 Å². The molecule has 3 nitrogen and oxygen atoms in total. The Bertz CT molecular complexity index is 667. The lowest BCUT2D eigenvalue weighted by atomic mass is 9.98. The molecule has 0 atom stereocenters. The van der Waals surface area contributed by atoms with Crippen molar-refractivity contribution in [3.8, 4) is 17.4 Å². The number of phenols is 1. The summed E-state index contributed by atoms with van der Waals surface area (Å²) in [7, 11) is 0. The van der Waals surface area contributed by atoms with Crippen LogP contribution >= 0.6 is 15.9 Å². The van der Waals surface area contributed by atoms with Crippen molar-refractivity contribution in [2.24, 2.45) is 0 Å². The first-order valence-electron chi connectivity index (χ1n) is 6.48. The number of nitrogens with zero attached hydrogens (tertiary/aromatic N) is 1. The monoisotopic (exact) mass is 331 g/mol. The van der Waals surface area contributed by atoms with Crippen molar-refractivity contribution >= 4 is 21.5 Å². The summed E-state index contributed by atoms with van der Waals surface area (Å²) in [5.41, 5.74) is 2.93. The van der Waals surface area contributed by atoms with E-state index in [0.717, 1.165) is 28.5 Å². The number of hydrogen-bond acceptors (Lipinski definition) is 3. The van der Waals surface area contributed by atoms with Crippen LogP contribution in [0, 0.1) is 0 Å². The minimum Gasteiger partial charge on any atom is -0.508 e. The first-order chi connectivity index (χ1) is 9.79. The summed E-state index contributed by atoms with van der Waals surface area (Å²) >= 11 is 3.44. The minimum atomic E-state index is 0.264. The first-order valence-corrected chi connectivity index (χ1v) is 7.61. The molecule has 0 saturated heterocycles. The molecule has 0 saturated carbocycles. The normalized spacial score (nSPS) is 15.2. The number of phenolic OH excluding ortho intramolecular Hbond substituents is 1. The van der Waals surface area contributed by atoms with Crippen LogP contribution in [0.5, 0.6) is 17.4 Å². The number of halogens is 1. The van der Waals surface area contributed by atoms with Crippen LogP contribution in [0.1, 0.15) is 17.5 Å². The van der Waals surface area contributed by atoms with Gasteiger partial charge >= 0.3 is 0 Å². The highest BCUT2D eigenvalue weighted by atomic mass is 79.9. The van der Waals surface area contributed by atoms with Gasteiger partial charge in [0.15, 0.2) is 0 Å². The number of ether oxygens (including phenoxy) is 1. The number of allylic oxidation sites excluding steroid dienone is 2. The third kappa shape index (κ3) is 2.43. The van der Waals surface area contributed by atoms with E-state index in [-0.39, 0.29) is 5.75 Å². The summed E-state index contributed by atoms with van der Waals surface area (Å²) in [5.74, 6) is 1.53. The van der Waals surface area contributed by atoms with Crippen LogP contribution < -0.4 is 4.74 Å². The Balaban J connectivity index is 2.15. The van der Waals surface area contributed by atoms with E-state index in [9.17, 15) is 5.11 Å². The average Bonchev–Trinajstić information content (AvgIpc) is 2.62. The zero-order valence-corrected chi connectivity index (χ0v) is 12.4. The van der Waals surface area contributed by atoms with E-state index in [4.69, 9.17) is 4.74 Å². The molecular formula is C16H14BrNO2. The number of benzene rings is 1. The lowest BCUT2D eigenvalue weighted by Crippen LogP contribution is -1.91. The van der Waals surface area contributed by atoms with E-state index in [2.05, 4.69) is 27.0 Å². The van der Waals surface area contributed by atoms with Crippen LogP contribution in [0.15, 0.2) is 42.6 Å². The minimum absolute atomic E-state index is 0.264. The molecule has 0 unspecified atom stereocenters. The van der Waals surface area contributed by atoms with E-state index in [1.165, 1.54) is 0 Å². The summed E-state index contributed by atoms with van der Waals surface area (Å²) < 4.78 is 5.87. The maximum atomic E-state index is 10.1. The summed E-state index contributed by atoms with van der Waals surface area (Å²) in [6, 6.07) is 9.24. The van der Waals surface area contributed by atoms with Crippen molar-refractivity contribution in [1.82, 2.24) is 4.98 Å². The van der Waals surface area contributed by atoms with Gasteiger partial charge in [0.2, 0.25) is 5.88 Å². The molecular weight excluding hydrogens is 318 g/mol. The highest BCUT2D eigenvalue weighted by Crippen LogP contribution is 2.40. The van der Waals surface area contributed by atoms with Gasteiger partial charge in [-0.25, -0.2) is 4.98 Å². The molecule has 0 radical (unpaired) electrons. The largest absolute Gasteiger partial charge is 0.508 e. The van der Waals surface area contributed by atoms with E-state index >= 15 is 0 Å². The standard InChI is InChI=1S/C16H14BrNO2/c17-8-2-4-11-10-13-14(19)6-1-7-15(13)20-16-12(11)5-3-9-18-16/h1,3-7,9,19H,2,8,10H2/b11-4+. The fourth-order valence-electron chi connectivity index (χ4n) is 2.34. The van der Waals surface area contributed by atoms with Gasteiger partial charge in [-0.15, -0.1) is 0 Å². The van der Waals surface area contributed by atoms with Crippen molar-refractivity contribution in [2.45, 2.75) is 12.8 Å². The van der Waals surface area contributed by atoms with E-state index in [1.807, 2.05) is 18.2 Å². The molecule has 0 spiro atoms. The quantitative estimate of drug-likeness (QED) is 0.834. The molecule has 102 valence electrons. The molecule has 2 heterocycles. The summed E-state index contributed by atoms with van der Waals surface area (Å²) in [6.45, 7) is 0. The third-order valence-corrected chi connectivity index (χ3v) is 3.76. The molecule has 1 aromatic carbocycles. The Kier molecular flexibility index (Phi) is 3.74. The van der Waals surface area contributed by atoms with E-state index in [0.29, 0.717) is 18.1 Å². The van der Waals surface area contributed by atoms with Crippen molar-refractivity contribution in [3.63, 3.8) is 0 Å². The molecule has 1 aliphatic heterocycles. The van der Waals surface area contributed by atoms with Gasteiger partial charge in [0, 0.05) is 29.1 Å². The molecule has 0 bridgehead atoms. The van der Waals surface area contributed by atoms with E-state index in [1.54, 1.807) is 18.3 Å². The van der Waals surface area contributed by atoms with Crippen LogP contribution in [0.3, 0.4) is 0 Å². The third-order valence-electron chi connectivity index (χ3n) is 3.30. The van der Waals surface area contributed by atoms with Crippen molar-refractivity contribution < 1.29 is 9.84 Å². The molecule has 2 aromatic rings.